The van der Waals surface area contributed by atoms with E-state index in [-0.39, 0.29) is 17.7 Å². The first-order valence-corrected chi connectivity index (χ1v) is 8.94. The highest BCUT2D eigenvalue weighted by atomic mass is 16.2. The summed E-state index contributed by atoms with van der Waals surface area (Å²) in [7, 11) is 0. The van der Waals surface area contributed by atoms with Crippen LogP contribution < -0.4 is 5.32 Å². The standard InChI is InChI=1S/C21H20N4O3/c1-15(26)23-19-7-3-6-18(13-19)21(28)25-10-8-24(9-11-25)20(27)17-5-2-4-16(12-17)14-22/h2-7,12-13H,8-11H2,1H3,(H,23,26). The Morgan fingerprint density at radius 3 is 1.96 bits per heavy atom. The molecule has 1 N–H and O–H groups in total. The Balaban J connectivity index is 1.63. The fraction of sp³-hybridized carbons (Fsp3) is 0.238. The van der Waals surface area contributed by atoms with Crippen LogP contribution in [0.15, 0.2) is 48.5 Å². The van der Waals surface area contributed by atoms with Crippen LogP contribution in [0.25, 0.3) is 0 Å². The third-order valence-electron chi connectivity index (χ3n) is 4.52. The van der Waals surface area contributed by atoms with Crippen molar-refractivity contribution in [3.63, 3.8) is 0 Å². The van der Waals surface area contributed by atoms with Crippen LogP contribution >= 0.6 is 0 Å². The molecule has 7 nitrogen and oxygen atoms in total. The van der Waals surface area contributed by atoms with Crippen LogP contribution in [0.3, 0.4) is 0 Å². The molecule has 0 bridgehead atoms. The molecule has 2 aromatic rings. The highest BCUT2D eigenvalue weighted by Crippen LogP contribution is 2.16. The number of rotatable bonds is 3. The normalized spacial score (nSPS) is 13.6. The van der Waals surface area contributed by atoms with Crippen molar-refractivity contribution in [2.75, 3.05) is 31.5 Å². The lowest BCUT2D eigenvalue weighted by Crippen LogP contribution is -2.50. The average Bonchev–Trinajstić information content (AvgIpc) is 2.72. The first kappa shape index (κ1) is 19.1. The van der Waals surface area contributed by atoms with Crippen molar-refractivity contribution in [1.82, 2.24) is 9.80 Å². The van der Waals surface area contributed by atoms with Gasteiger partial charge in [0.1, 0.15) is 0 Å². The summed E-state index contributed by atoms with van der Waals surface area (Å²) in [6, 6.07) is 15.4. The van der Waals surface area contributed by atoms with Gasteiger partial charge in [0, 0.05) is 49.9 Å². The van der Waals surface area contributed by atoms with Crippen molar-refractivity contribution in [2.24, 2.45) is 0 Å². The number of carbonyl (C=O) groups is 3. The molecule has 1 heterocycles. The zero-order valence-corrected chi connectivity index (χ0v) is 15.5. The Kier molecular flexibility index (Phi) is 5.70. The van der Waals surface area contributed by atoms with E-state index in [2.05, 4.69) is 5.32 Å². The SMILES string of the molecule is CC(=O)Nc1cccc(C(=O)N2CCN(C(=O)c3cccc(C#N)c3)CC2)c1. The van der Waals surface area contributed by atoms with Gasteiger partial charge >= 0.3 is 0 Å². The van der Waals surface area contributed by atoms with Gasteiger partial charge in [0.25, 0.3) is 11.8 Å². The topological polar surface area (TPSA) is 93.5 Å². The molecule has 0 spiro atoms. The first-order valence-electron chi connectivity index (χ1n) is 8.94. The summed E-state index contributed by atoms with van der Waals surface area (Å²) in [6.07, 6.45) is 0. The number of nitrogens with one attached hydrogen (secondary N) is 1. The predicted octanol–water partition coefficient (Wildman–Crippen LogP) is 2.11. The summed E-state index contributed by atoms with van der Waals surface area (Å²) in [6.45, 7) is 3.11. The molecule has 0 saturated carbocycles. The number of hydrogen-bond donors (Lipinski definition) is 1. The van der Waals surface area contributed by atoms with Crippen LogP contribution in [0.1, 0.15) is 33.2 Å². The molecule has 7 heteroatoms. The lowest BCUT2D eigenvalue weighted by molar-refractivity contribution is -0.114. The number of benzene rings is 2. The fourth-order valence-corrected chi connectivity index (χ4v) is 3.13. The Bertz CT molecular complexity index is 956. The number of anilines is 1. The van der Waals surface area contributed by atoms with E-state index >= 15 is 0 Å². The maximum atomic E-state index is 12.7. The van der Waals surface area contributed by atoms with Gasteiger partial charge in [-0.3, -0.25) is 14.4 Å². The lowest BCUT2D eigenvalue weighted by Gasteiger charge is -2.35. The number of nitriles is 1. The molecule has 0 unspecified atom stereocenters. The van der Waals surface area contributed by atoms with E-state index in [1.807, 2.05) is 6.07 Å². The van der Waals surface area contributed by atoms with Gasteiger partial charge in [-0.1, -0.05) is 12.1 Å². The zero-order valence-electron chi connectivity index (χ0n) is 15.5. The second kappa shape index (κ2) is 8.35. The Hall–Kier alpha value is -3.66. The van der Waals surface area contributed by atoms with E-state index in [9.17, 15) is 14.4 Å². The molecule has 28 heavy (non-hydrogen) atoms. The maximum absolute atomic E-state index is 12.7. The predicted molar refractivity (Wildman–Crippen MR) is 104 cm³/mol. The van der Waals surface area contributed by atoms with Crippen molar-refractivity contribution < 1.29 is 14.4 Å². The van der Waals surface area contributed by atoms with Crippen LogP contribution in [0, 0.1) is 11.3 Å². The van der Waals surface area contributed by atoms with Crippen LogP contribution in [0.5, 0.6) is 0 Å². The maximum Gasteiger partial charge on any atom is 0.254 e. The fourth-order valence-electron chi connectivity index (χ4n) is 3.13. The number of nitrogens with zero attached hydrogens (tertiary/aromatic N) is 3. The van der Waals surface area contributed by atoms with Gasteiger partial charge in [0.05, 0.1) is 11.6 Å². The van der Waals surface area contributed by atoms with E-state index in [1.54, 1.807) is 58.3 Å². The molecule has 0 aliphatic carbocycles. The number of amides is 3. The van der Waals surface area contributed by atoms with Gasteiger partial charge in [-0.05, 0) is 36.4 Å². The van der Waals surface area contributed by atoms with Gasteiger partial charge in [0.15, 0.2) is 0 Å². The molecule has 0 atom stereocenters. The van der Waals surface area contributed by atoms with E-state index in [4.69, 9.17) is 5.26 Å². The van der Waals surface area contributed by atoms with E-state index in [1.165, 1.54) is 6.92 Å². The second-order valence-corrected chi connectivity index (χ2v) is 6.54. The third-order valence-corrected chi connectivity index (χ3v) is 4.52. The van der Waals surface area contributed by atoms with Gasteiger partial charge in [-0.25, -0.2) is 0 Å². The monoisotopic (exact) mass is 376 g/mol. The molecule has 1 aliphatic heterocycles. The van der Waals surface area contributed by atoms with Crippen LogP contribution in [0.4, 0.5) is 5.69 Å². The van der Waals surface area contributed by atoms with Gasteiger partial charge in [0.2, 0.25) is 5.91 Å². The molecule has 1 aliphatic rings. The van der Waals surface area contributed by atoms with Gasteiger partial charge in [-0.15, -0.1) is 0 Å². The average molecular weight is 376 g/mol. The van der Waals surface area contributed by atoms with E-state index in [0.717, 1.165) is 0 Å². The van der Waals surface area contributed by atoms with Crippen molar-refractivity contribution in [3.05, 3.63) is 65.2 Å². The molecule has 0 radical (unpaired) electrons. The van der Waals surface area contributed by atoms with Crippen molar-refractivity contribution in [1.29, 1.82) is 5.26 Å². The largest absolute Gasteiger partial charge is 0.335 e. The molecular weight excluding hydrogens is 356 g/mol. The number of carbonyl (C=O) groups excluding carboxylic acids is 3. The molecule has 2 aromatic carbocycles. The molecule has 1 fully saturated rings. The molecule has 1 saturated heterocycles. The van der Waals surface area contributed by atoms with Crippen molar-refractivity contribution >= 4 is 23.4 Å². The van der Waals surface area contributed by atoms with Crippen molar-refractivity contribution in [2.45, 2.75) is 6.92 Å². The summed E-state index contributed by atoms with van der Waals surface area (Å²) in [5, 5.41) is 11.7. The summed E-state index contributed by atoms with van der Waals surface area (Å²) < 4.78 is 0. The van der Waals surface area contributed by atoms with Crippen LogP contribution in [0.2, 0.25) is 0 Å². The molecule has 0 aromatic heterocycles. The second-order valence-electron chi connectivity index (χ2n) is 6.54. The molecule has 3 amide bonds. The van der Waals surface area contributed by atoms with Gasteiger partial charge in [-0.2, -0.15) is 5.26 Å². The smallest absolute Gasteiger partial charge is 0.254 e. The molecule has 142 valence electrons. The van der Waals surface area contributed by atoms with E-state index in [0.29, 0.717) is 48.6 Å². The van der Waals surface area contributed by atoms with E-state index < -0.39 is 0 Å². The summed E-state index contributed by atoms with van der Waals surface area (Å²) in [4.78, 5) is 40.0. The first-order chi connectivity index (χ1) is 13.5. The number of hydrogen-bond acceptors (Lipinski definition) is 4. The minimum Gasteiger partial charge on any atom is -0.335 e. The highest BCUT2D eigenvalue weighted by Gasteiger charge is 2.25. The summed E-state index contributed by atoms with van der Waals surface area (Å²) >= 11 is 0. The lowest BCUT2D eigenvalue weighted by atomic mass is 10.1. The summed E-state index contributed by atoms with van der Waals surface area (Å²) in [5.74, 6) is -0.472. The van der Waals surface area contributed by atoms with Crippen LogP contribution in [-0.2, 0) is 4.79 Å². The van der Waals surface area contributed by atoms with Gasteiger partial charge < -0.3 is 15.1 Å². The quantitative estimate of drug-likeness (QED) is 0.888. The minimum absolute atomic E-state index is 0.134. The molecule has 3 rings (SSSR count). The summed E-state index contributed by atoms with van der Waals surface area (Å²) in [5.41, 5.74) is 1.98. The third kappa shape index (κ3) is 4.35. The Morgan fingerprint density at radius 2 is 1.43 bits per heavy atom. The Labute approximate surface area is 163 Å². The van der Waals surface area contributed by atoms with Crippen molar-refractivity contribution in [3.8, 4) is 6.07 Å². The zero-order chi connectivity index (χ0) is 20.1. The van der Waals surface area contributed by atoms with Crippen LogP contribution in [-0.4, -0.2) is 53.7 Å². The highest BCUT2D eigenvalue weighted by molar-refractivity contribution is 5.97. The molecular formula is C21H20N4O3. The number of piperazine rings is 1. The Morgan fingerprint density at radius 1 is 0.893 bits per heavy atom. The minimum atomic E-state index is -0.197.